The first-order chi connectivity index (χ1) is 9.84. The van der Waals surface area contributed by atoms with E-state index in [9.17, 15) is 4.79 Å². The maximum Gasteiger partial charge on any atom is 0.252 e. The van der Waals surface area contributed by atoms with E-state index in [4.69, 9.17) is 0 Å². The molecular weight excluding hydrogens is 250 g/mol. The summed E-state index contributed by atoms with van der Waals surface area (Å²) < 4.78 is 0. The van der Waals surface area contributed by atoms with E-state index in [1.807, 2.05) is 36.4 Å². The molecule has 0 saturated heterocycles. The summed E-state index contributed by atoms with van der Waals surface area (Å²) in [5.74, 6) is -0.0621. The van der Waals surface area contributed by atoms with Crippen molar-refractivity contribution in [2.24, 2.45) is 0 Å². The van der Waals surface area contributed by atoms with E-state index in [0.717, 1.165) is 17.3 Å². The topological polar surface area (TPSA) is 57.8 Å². The predicted molar refractivity (Wildman–Crippen MR) is 78.6 cm³/mol. The van der Waals surface area contributed by atoms with Gasteiger partial charge in [-0.1, -0.05) is 36.4 Å². The summed E-state index contributed by atoms with van der Waals surface area (Å²) in [5, 5.41) is 10.6. The van der Waals surface area contributed by atoms with Crippen molar-refractivity contribution in [3.8, 4) is 0 Å². The van der Waals surface area contributed by atoms with Crippen LogP contribution in [-0.4, -0.2) is 22.6 Å². The molecule has 4 nitrogen and oxygen atoms in total. The van der Waals surface area contributed by atoms with Gasteiger partial charge < -0.3 is 5.32 Å². The number of H-pyrrole nitrogens is 1. The summed E-state index contributed by atoms with van der Waals surface area (Å²) in [6.45, 7) is 0.622. The van der Waals surface area contributed by atoms with Crippen LogP contribution in [0.1, 0.15) is 15.9 Å². The number of rotatable bonds is 4. The van der Waals surface area contributed by atoms with Gasteiger partial charge in [0.2, 0.25) is 0 Å². The highest BCUT2D eigenvalue weighted by Gasteiger charge is 2.10. The predicted octanol–water partition coefficient (Wildman–Crippen LogP) is 2.54. The highest BCUT2D eigenvalue weighted by molar-refractivity contribution is 6.05. The zero-order chi connectivity index (χ0) is 13.8. The molecule has 3 rings (SSSR count). The van der Waals surface area contributed by atoms with Crippen molar-refractivity contribution in [3.05, 3.63) is 65.9 Å². The fraction of sp³-hybridized carbons (Fsp3) is 0.125. The number of carbonyl (C=O) groups excluding carboxylic acids is 1. The van der Waals surface area contributed by atoms with Gasteiger partial charge in [-0.2, -0.15) is 5.10 Å². The molecule has 0 unspecified atom stereocenters. The molecule has 0 aliphatic carbocycles. The van der Waals surface area contributed by atoms with E-state index in [1.54, 1.807) is 6.20 Å². The summed E-state index contributed by atoms with van der Waals surface area (Å²) in [4.78, 5) is 12.2. The van der Waals surface area contributed by atoms with Crippen molar-refractivity contribution >= 4 is 16.8 Å². The van der Waals surface area contributed by atoms with Crippen LogP contribution in [0, 0.1) is 0 Å². The standard InChI is InChI=1S/C16H15N3O/c20-16(17-10-9-12-5-2-1-3-6-12)13-7-4-8-15-14(13)11-18-19-15/h1-8,11H,9-10H2,(H,17,20)(H,18,19). The van der Waals surface area contributed by atoms with E-state index in [0.29, 0.717) is 12.1 Å². The minimum Gasteiger partial charge on any atom is -0.352 e. The lowest BCUT2D eigenvalue weighted by molar-refractivity contribution is 0.0956. The van der Waals surface area contributed by atoms with Crippen LogP contribution in [0.25, 0.3) is 10.9 Å². The maximum atomic E-state index is 12.2. The first kappa shape index (κ1) is 12.4. The number of nitrogens with zero attached hydrogens (tertiary/aromatic N) is 1. The van der Waals surface area contributed by atoms with E-state index in [2.05, 4.69) is 27.6 Å². The maximum absolute atomic E-state index is 12.2. The number of hydrogen-bond acceptors (Lipinski definition) is 2. The summed E-state index contributed by atoms with van der Waals surface area (Å²) in [7, 11) is 0. The summed E-state index contributed by atoms with van der Waals surface area (Å²) in [6.07, 6.45) is 2.51. The van der Waals surface area contributed by atoms with E-state index in [-0.39, 0.29) is 5.91 Å². The highest BCUT2D eigenvalue weighted by atomic mass is 16.1. The van der Waals surface area contributed by atoms with Crippen LogP contribution in [0.2, 0.25) is 0 Å². The molecular formula is C16H15N3O. The molecule has 0 radical (unpaired) electrons. The second kappa shape index (κ2) is 5.57. The Kier molecular flexibility index (Phi) is 3.46. The number of hydrogen-bond donors (Lipinski definition) is 2. The molecule has 0 aliphatic rings. The third-order valence-electron chi connectivity index (χ3n) is 3.27. The fourth-order valence-corrected chi connectivity index (χ4v) is 2.23. The number of carbonyl (C=O) groups is 1. The molecule has 1 amide bonds. The van der Waals surface area contributed by atoms with Gasteiger partial charge in [-0.05, 0) is 24.1 Å². The lowest BCUT2D eigenvalue weighted by Crippen LogP contribution is -2.25. The van der Waals surface area contributed by atoms with Gasteiger partial charge in [-0.25, -0.2) is 0 Å². The summed E-state index contributed by atoms with van der Waals surface area (Å²) >= 11 is 0. The monoisotopic (exact) mass is 265 g/mol. The number of aromatic amines is 1. The first-order valence-electron chi connectivity index (χ1n) is 6.59. The number of aromatic nitrogens is 2. The fourth-order valence-electron chi connectivity index (χ4n) is 2.23. The van der Waals surface area contributed by atoms with Crippen LogP contribution in [0.15, 0.2) is 54.7 Å². The molecule has 20 heavy (non-hydrogen) atoms. The Morgan fingerprint density at radius 2 is 1.95 bits per heavy atom. The molecule has 0 atom stereocenters. The number of amides is 1. The van der Waals surface area contributed by atoms with Crippen molar-refractivity contribution in [3.63, 3.8) is 0 Å². The van der Waals surface area contributed by atoms with Gasteiger partial charge in [-0.3, -0.25) is 9.89 Å². The molecule has 0 fully saturated rings. The van der Waals surface area contributed by atoms with Crippen LogP contribution in [-0.2, 0) is 6.42 Å². The minimum absolute atomic E-state index is 0.0621. The molecule has 0 spiro atoms. The average molecular weight is 265 g/mol. The lowest BCUT2D eigenvalue weighted by atomic mass is 10.1. The Labute approximate surface area is 116 Å². The van der Waals surface area contributed by atoms with Gasteiger partial charge in [0.1, 0.15) is 0 Å². The number of nitrogens with one attached hydrogen (secondary N) is 2. The van der Waals surface area contributed by atoms with Crippen molar-refractivity contribution in [1.29, 1.82) is 0 Å². The molecule has 2 aromatic carbocycles. The van der Waals surface area contributed by atoms with Crippen LogP contribution in [0.4, 0.5) is 0 Å². The van der Waals surface area contributed by atoms with Crippen molar-refractivity contribution in [2.75, 3.05) is 6.54 Å². The Hall–Kier alpha value is -2.62. The molecule has 0 bridgehead atoms. The minimum atomic E-state index is -0.0621. The summed E-state index contributed by atoms with van der Waals surface area (Å²) in [6, 6.07) is 15.7. The number of fused-ring (bicyclic) bond motifs is 1. The van der Waals surface area contributed by atoms with Crippen LogP contribution in [0.3, 0.4) is 0 Å². The average Bonchev–Trinajstić information content (AvgIpc) is 2.96. The van der Waals surface area contributed by atoms with Crippen LogP contribution in [0.5, 0.6) is 0 Å². The molecule has 1 aromatic heterocycles. The molecule has 0 aliphatic heterocycles. The van der Waals surface area contributed by atoms with Crippen LogP contribution < -0.4 is 5.32 Å². The normalized spacial score (nSPS) is 10.6. The van der Waals surface area contributed by atoms with Crippen molar-refractivity contribution in [2.45, 2.75) is 6.42 Å². The second-order valence-electron chi connectivity index (χ2n) is 4.63. The Morgan fingerprint density at radius 3 is 2.80 bits per heavy atom. The van der Waals surface area contributed by atoms with Gasteiger partial charge >= 0.3 is 0 Å². The Balaban J connectivity index is 1.66. The summed E-state index contributed by atoms with van der Waals surface area (Å²) in [5.41, 5.74) is 2.75. The van der Waals surface area contributed by atoms with Gasteiger partial charge in [-0.15, -0.1) is 0 Å². The molecule has 100 valence electrons. The second-order valence-corrected chi connectivity index (χ2v) is 4.63. The first-order valence-corrected chi connectivity index (χ1v) is 6.59. The number of benzene rings is 2. The smallest absolute Gasteiger partial charge is 0.252 e. The van der Waals surface area contributed by atoms with E-state index >= 15 is 0 Å². The molecule has 4 heteroatoms. The van der Waals surface area contributed by atoms with Gasteiger partial charge in [0.25, 0.3) is 5.91 Å². The van der Waals surface area contributed by atoms with E-state index in [1.165, 1.54) is 5.56 Å². The van der Waals surface area contributed by atoms with Crippen molar-refractivity contribution in [1.82, 2.24) is 15.5 Å². The third-order valence-corrected chi connectivity index (χ3v) is 3.27. The Bertz CT molecular complexity index is 719. The zero-order valence-corrected chi connectivity index (χ0v) is 11.0. The Morgan fingerprint density at radius 1 is 1.10 bits per heavy atom. The lowest BCUT2D eigenvalue weighted by Gasteiger charge is -2.06. The van der Waals surface area contributed by atoms with E-state index < -0.39 is 0 Å². The molecule has 0 saturated carbocycles. The van der Waals surface area contributed by atoms with Crippen molar-refractivity contribution < 1.29 is 4.79 Å². The SMILES string of the molecule is O=C(NCCc1ccccc1)c1cccc2[nH]ncc12. The van der Waals surface area contributed by atoms with Crippen LogP contribution >= 0.6 is 0 Å². The largest absolute Gasteiger partial charge is 0.352 e. The zero-order valence-electron chi connectivity index (χ0n) is 11.0. The molecule has 2 N–H and O–H groups in total. The quantitative estimate of drug-likeness (QED) is 0.761. The van der Waals surface area contributed by atoms with Gasteiger partial charge in [0.15, 0.2) is 0 Å². The van der Waals surface area contributed by atoms with Gasteiger partial charge in [0, 0.05) is 11.9 Å². The third kappa shape index (κ3) is 2.54. The van der Waals surface area contributed by atoms with Gasteiger partial charge in [0.05, 0.1) is 17.3 Å². The molecule has 3 aromatic rings. The molecule has 1 heterocycles. The highest BCUT2D eigenvalue weighted by Crippen LogP contribution is 2.15.